The summed E-state index contributed by atoms with van der Waals surface area (Å²) in [7, 11) is 0. The molecule has 0 aromatic carbocycles. The molecule has 3 rings (SSSR count). The first-order valence-electron chi connectivity index (χ1n) is 6.26. The van der Waals surface area contributed by atoms with Crippen molar-refractivity contribution in [2.24, 2.45) is 5.92 Å². The lowest BCUT2D eigenvalue weighted by Gasteiger charge is -2.26. The Morgan fingerprint density at radius 2 is 2.31 bits per heavy atom. The van der Waals surface area contributed by atoms with Crippen LogP contribution in [0, 0.1) is 5.92 Å². The molecule has 1 aliphatic carbocycles. The Balaban J connectivity index is 1.99. The minimum absolute atomic E-state index is 0.738. The quantitative estimate of drug-likeness (QED) is 0.767. The zero-order valence-electron chi connectivity index (χ0n) is 9.74. The van der Waals surface area contributed by atoms with Crippen LogP contribution in [-0.2, 0) is 0 Å². The van der Waals surface area contributed by atoms with Gasteiger partial charge in [0.25, 0.3) is 0 Å². The maximum absolute atomic E-state index is 4.36. The average molecular weight is 214 g/mol. The third-order valence-electron chi connectivity index (χ3n) is 3.86. The summed E-state index contributed by atoms with van der Waals surface area (Å²) in [6.45, 7) is 2.37. The monoisotopic (exact) mass is 214 g/mol. The van der Waals surface area contributed by atoms with Gasteiger partial charge < -0.3 is 4.98 Å². The van der Waals surface area contributed by atoms with Gasteiger partial charge in [0.1, 0.15) is 5.65 Å². The second-order valence-electron chi connectivity index (χ2n) is 5.11. The Morgan fingerprint density at radius 3 is 3.19 bits per heavy atom. The molecule has 1 aliphatic rings. The number of nitrogens with one attached hydrogen (secondary N) is 1. The highest BCUT2D eigenvalue weighted by Gasteiger charge is 2.22. The van der Waals surface area contributed by atoms with Gasteiger partial charge in [0.05, 0.1) is 0 Å². The van der Waals surface area contributed by atoms with Gasteiger partial charge in [-0.2, -0.15) is 0 Å². The highest BCUT2D eigenvalue weighted by Crippen LogP contribution is 2.38. The van der Waals surface area contributed by atoms with Gasteiger partial charge in [-0.25, -0.2) is 4.98 Å². The summed E-state index contributed by atoms with van der Waals surface area (Å²) in [6, 6.07) is 4.22. The van der Waals surface area contributed by atoms with Gasteiger partial charge in [-0.05, 0) is 42.4 Å². The van der Waals surface area contributed by atoms with Gasteiger partial charge in [0, 0.05) is 17.8 Å². The fraction of sp³-hybridized carbons (Fsp3) is 0.500. The predicted octanol–water partition coefficient (Wildman–Crippen LogP) is 3.86. The number of aromatic amines is 1. The van der Waals surface area contributed by atoms with Crippen LogP contribution in [0.5, 0.6) is 0 Å². The lowest BCUT2D eigenvalue weighted by atomic mass is 9.79. The van der Waals surface area contributed by atoms with Crippen LogP contribution >= 0.6 is 0 Å². The highest BCUT2D eigenvalue weighted by molar-refractivity contribution is 5.80. The zero-order chi connectivity index (χ0) is 11.0. The molecule has 0 amide bonds. The number of hydrogen-bond donors (Lipinski definition) is 1. The van der Waals surface area contributed by atoms with Crippen LogP contribution < -0.4 is 0 Å². The van der Waals surface area contributed by atoms with Crippen LogP contribution in [0.2, 0.25) is 0 Å². The van der Waals surface area contributed by atoms with Gasteiger partial charge >= 0.3 is 0 Å². The van der Waals surface area contributed by atoms with E-state index in [1.54, 1.807) is 0 Å². The van der Waals surface area contributed by atoms with E-state index in [4.69, 9.17) is 0 Å². The zero-order valence-corrected chi connectivity index (χ0v) is 9.74. The lowest BCUT2D eigenvalue weighted by Crippen LogP contribution is -2.11. The molecule has 0 saturated heterocycles. The van der Waals surface area contributed by atoms with E-state index in [0.717, 1.165) is 17.5 Å². The van der Waals surface area contributed by atoms with Crippen LogP contribution in [0.25, 0.3) is 11.0 Å². The average Bonchev–Trinajstić information content (AvgIpc) is 2.72. The van der Waals surface area contributed by atoms with Gasteiger partial charge in [-0.1, -0.05) is 19.8 Å². The molecule has 2 nitrogen and oxygen atoms in total. The number of nitrogens with zero attached hydrogens (tertiary/aromatic N) is 1. The topological polar surface area (TPSA) is 28.7 Å². The molecular weight excluding hydrogens is 196 g/mol. The molecule has 2 heteroatoms. The second-order valence-corrected chi connectivity index (χ2v) is 5.11. The largest absolute Gasteiger partial charge is 0.346 e. The third-order valence-corrected chi connectivity index (χ3v) is 3.86. The molecule has 2 aromatic heterocycles. The number of pyridine rings is 1. The molecule has 0 radical (unpaired) electrons. The van der Waals surface area contributed by atoms with Crippen LogP contribution in [0.4, 0.5) is 0 Å². The fourth-order valence-electron chi connectivity index (χ4n) is 3.03. The van der Waals surface area contributed by atoms with E-state index >= 15 is 0 Å². The van der Waals surface area contributed by atoms with Crippen molar-refractivity contribution in [3.05, 3.63) is 30.1 Å². The Bertz CT molecular complexity index is 486. The van der Waals surface area contributed by atoms with Crippen LogP contribution in [-0.4, -0.2) is 9.97 Å². The van der Waals surface area contributed by atoms with Crippen LogP contribution in [0.1, 0.15) is 44.1 Å². The summed E-state index contributed by atoms with van der Waals surface area (Å²) < 4.78 is 0. The second kappa shape index (κ2) is 3.93. The summed E-state index contributed by atoms with van der Waals surface area (Å²) in [5.41, 5.74) is 2.52. The first kappa shape index (κ1) is 9.88. The van der Waals surface area contributed by atoms with Crippen molar-refractivity contribution in [2.45, 2.75) is 38.5 Å². The number of hydrogen-bond acceptors (Lipinski definition) is 1. The van der Waals surface area contributed by atoms with Crippen molar-refractivity contribution in [3.8, 4) is 0 Å². The lowest BCUT2D eigenvalue weighted by molar-refractivity contribution is 0.345. The van der Waals surface area contributed by atoms with Crippen molar-refractivity contribution in [2.75, 3.05) is 0 Å². The van der Waals surface area contributed by atoms with Gasteiger partial charge in [0.15, 0.2) is 0 Å². The Morgan fingerprint density at radius 1 is 1.38 bits per heavy atom. The molecule has 2 heterocycles. The summed E-state index contributed by atoms with van der Waals surface area (Å²) >= 11 is 0. The molecule has 1 saturated carbocycles. The first-order chi connectivity index (χ1) is 7.84. The molecular formula is C14H18N2. The molecule has 16 heavy (non-hydrogen) atoms. The molecule has 2 atom stereocenters. The Labute approximate surface area is 96.1 Å². The molecule has 1 N–H and O–H groups in total. The number of aromatic nitrogens is 2. The van der Waals surface area contributed by atoms with Crippen LogP contribution in [0.3, 0.4) is 0 Å². The Hall–Kier alpha value is -1.31. The van der Waals surface area contributed by atoms with Gasteiger partial charge in [0.2, 0.25) is 0 Å². The van der Waals surface area contributed by atoms with Crippen molar-refractivity contribution >= 4 is 11.0 Å². The summed E-state index contributed by atoms with van der Waals surface area (Å²) in [5, 5.41) is 1.32. The van der Waals surface area contributed by atoms with E-state index in [0.29, 0.717) is 0 Å². The minimum Gasteiger partial charge on any atom is -0.346 e. The standard InChI is InChI=1S/C14H18N2/c1-10-4-2-5-11(8-10)13-9-16-14-12(13)6-3-7-15-14/h3,6-7,9-11H,2,4-5,8H2,1H3,(H,15,16)/t10-,11+/m0/s1. The first-order valence-corrected chi connectivity index (χ1v) is 6.26. The number of fused-ring (bicyclic) bond motifs is 1. The predicted molar refractivity (Wildman–Crippen MR) is 66.5 cm³/mol. The molecule has 0 bridgehead atoms. The van der Waals surface area contributed by atoms with E-state index in [9.17, 15) is 0 Å². The maximum atomic E-state index is 4.36. The molecule has 1 fully saturated rings. The molecule has 0 spiro atoms. The van der Waals surface area contributed by atoms with Crippen molar-refractivity contribution in [1.29, 1.82) is 0 Å². The van der Waals surface area contributed by atoms with E-state index in [1.807, 2.05) is 12.3 Å². The Kier molecular flexibility index (Phi) is 2.43. The SMILES string of the molecule is C[C@H]1CCC[C@@H](c2c[nH]c3ncccc23)C1. The van der Waals surface area contributed by atoms with Crippen LogP contribution in [0.15, 0.2) is 24.5 Å². The molecule has 2 aromatic rings. The summed E-state index contributed by atoms with van der Waals surface area (Å²) in [6.07, 6.45) is 9.47. The molecule has 0 unspecified atom stereocenters. The number of rotatable bonds is 1. The summed E-state index contributed by atoms with van der Waals surface area (Å²) in [4.78, 5) is 7.65. The smallest absolute Gasteiger partial charge is 0.137 e. The number of H-pyrrole nitrogens is 1. The van der Waals surface area contributed by atoms with Gasteiger partial charge in [-0.3, -0.25) is 0 Å². The maximum Gasteiger partial charge on any atom is 0.137 e. The van der Waals surface area contributed by atoms with E-state index in [1.165, 1.54) is 36.6 Å². The fourth-order valence-corrected chi connectivity index (χ4v) is 3.03. The highest BCUT2D eigenvalue weighted by atomic mass is 14.8. The molecule has 84 valence electrons. The normalized spacial score (nSPS) is 26.1. The van der Waals surface area contributed by atoms with E-state index in [-0.39, 0.29) is 0 Å². The van der Waals surface area contributed by atoms with E-state index < -0.39 is 0 Å². The van der Waals surface area contributed by atoms with Crippen molar-refractivity contribution in [1.82, 2.24) is 9.97 Å². The van der Waals surface area contributed by atoms with Crippen molar-refractivity contribution in [3.63, 3.8) is 0 Å². The van der Waals surface area contributed by atoms with E-state index in [2.05, 4.69) is 29.2 Å². The summed E-state index contributed by atoms with van der Waals surface area (Å²) in [5.74, 6) is 1.61. The van der Waals surface area contributed by atoms with Gasteiger partial charge in [-0.15, -0.1) is 0 Å². The molecule has 0 aliphatic heterocycles. The minimum atomic E-state index is 0.738. The third kappa shape index (κ3) is 1.62. The van der Waals surface area contributed by atoms with Crippen molar-refractivity contribution < 1.29 is 0 Å².